The van der Waals surface area contributed by atoms with Gasteiger partial charge in [-0.2, -0.15) is 0 Å². The fourth-order valence-corrected chi connectivity index (χ4v) is 14.7. The molecule has 0 saturated heterocycles. The van der Waals surface area contributed by atoms with Crippen molar-refractivity contribution in [2.24, 2.45) is 5.92 Å². The Morgan fingerprint density at radius 1 is 0.788 bits per heavy atom. The Hall–Kier alpha value is -4.54. The Kier molecular flexibility index (Phi) is 7.00. The second-order valence-electron chi connectivity index (χ2n) is 16.8. The standard InChI is InChI=1S/C48H47NO2Si/c1-52(2)44-27-26-37-36-17-5-7-21-41(36)51-48(37)47(44)39-25-24-33(29-45(39)52)49(40-20-11-23-43-46(40)38-18-6-8-22-42(38)50-43)32-15-9-14-31(28-32)35-19-10-13-30-12-3-4-16-34(30)35/h3,5-10,12-15,17-19,21-22,24-28,33-36,40-41,43,46H,4,11,16,20,23,29H2,1-2H3. The third kappa shape index (κ3) is 4.55. The molecule has 0 radical (unpaired) electrons. The van der Waals surface area contributed by atoms with Gasteiger partial charge < -0.3 is 14.4 Å². The summed E-state index contributed by atoms with van der Waals surface area (Å²) in [4.78, 5) is 2.87. The molecule has 1 fully saturated rings. The first-order valence-corrected chi connectivity index (χ1v) is 22.8. The van der Waals surface area contributed by atoms with Crippen LogP contribution in [-0.2, 0) is 0 Å². The van der Waals surface area contributed by atoms with E-state index in [4.69, 9.17) is 9.47 Å². The number of hydrogen-bond donors (Lipinski definition) is 0. The molecule has 4 heteroatoms. The normalized spacial score (nSPS) is 32.1. The van der Waals surface area contributed by atoms with Crippen LogP contribution in [0.3, 0.4) is 0 Å². The quantitative estimate of drug-likeness (QED) is 0.253. The number of hydrogen-bond acceptors (Lipinski definition) is 3. The molecule has 3 nitrogen and oxygen atoms in total. The smallest absolute Gasteiger partial charge is 0.131 e. The van der Waals surface area contributed by atoms with Crippen molar-refractivity contribution in [2.75, 3.05) is 4.90 Å². The van der Waals surface area contributed by atoms with Crippen LogP contribution in [-0.4, -0.2) is 32.4 Å². The van der Waals surface area contributed by atoms with E-state index < -0.39 is 8.07 Å². The van der Waals surface area contributed by atoms with Crippen LogP contribution in [0.2, 0.25) is 13.1 Å². The summed E-state index contributed by atoms with van der Waals surface area (Å²) in [6.07, 6.45) is 33.0. The summed E-state index contributed by atoms with van der Waals surface area (Å²) in [6.45, 7) is 5.17. The molecule has 5 aliphatic carbocycles. The van der Waals surface area contributed by atoms with E-state index in [9.17, 15) is 0 Å². The van der Waals surface area contributed by atoms with E-state index >= 15 is 0 Å². The number of para-hydroxylation sites is 1. The maximum Gasteiger partial charge on any atom is 0.131 e. The predicted octanol–water partition coefficient (Wildman–Crippen LogP) is 10.4. The summed E-state index contributed by atoms with van der Waals surface area (Å²) >= 11 is 0. The molecule has 3 aliphatic heterocycles. The topological polar surface area (TPSA) is 21.7 Å². The van der Waals surface area contributed by atoms with Gasteiger partial charge in [-0.15, -0.1) is 0 Å². The van der Waals surface area contributed by atoms with Crippen LogP contribution in [0.15, 0.2) is 138 Å². The van der Waals surface area contributed by atoms with Gasteiger partial charge in [-0.05, 0) is 90.6 Å². The minimum atomic E-state index is -1.95. The lowest BCUT2D eigenvalue weighted by Crippen LogP contribution is -2.51. The molecule has 0 spiro atoms. The fourth-order valence-electron chi connectivity index (χ4n) is 11.4. The Labute approximate surface area is 309 Å². The van der Waals surface area contributed by atoms with Crippen molar-refractivity contribution in [1.29, 1.82) is 0 Å². The van der Waals surface area contributed by atoms with E-state index in [1.807, 2.05) is 0 Å². The Bertz CT molecular complexity index is 2210. The van der Waals surface area contributed by atoms with Gasteiger partial charge in [0.05, 0.1) is 6.04 Å². The average Bonchev–Trinajstić information content (AvgIpc) is 3.83. The van der Waals surface area contributed by atoms with E-state index in [2.05, 4.69) is 145 Å². The van der Waals surface area contributed by atoms with E-state index in [1.165, 1.54) is 58.3 Å². The van der Waals surface area contributed by atoms with E-state index in [1.54, 1.807) is 10.4 Å². The van der Waals surface area contributed by atoms with Crippen LogP contribution in [0.5, 0.6) is 11.5 Å². The molecule has 260 valence electrons. The van der Waals surface area contributed by atoms with E-state index in [0.29, 0.717) is 29.7 Å². The molecular formula is C48H47NO2Si. The number of ether oxygens (including phenoxy) is 2. The number of anilines is 1. The van der Waals surface area contributed by atoms with Crippen LogP contribution >= 0.6 is 0 Å². The molecular weight excluding hydrogens is 651 g/mol. The van der Waals surface area contributed by atoms with Gasteiger partial charge in [0, 0.05) is 46.2 Å². The van der Waals surface area contributed by atoms with Crippen molar-refractivity contribution in [3.05, 3.63) is 161 Å². The summed E-state index contributed by atoms with van der Waals surface area (Å²) in [7, 11) is -1.95. The van der Waals surface area contributed by atoms with Crippen molar-refractivity contribution in [2.45, 2.75) is 93.7 Å². The Morgan fingerprint density at radius 3 is 2.65 bits per heavy atom. The summed E-state index contributed by atoms with van der Waals surface area (Å²) in [5.74, 6) is 3.87. The molecule has 0 amide bonds. The zero-order valence-electron chi connectivity index (χ0n) is 30.2. The fraction of sp³-hybridized carbons (Fsp3) is 0.333. The first-order chi connectivity index (χ1) is 25.5. The predicted molar refractivity (Wildman–Crippen MR) is 215 cm³/mol. The van der Waals surface area contributed by atoms with Gasteiger partial charge >= 0.3 is 0 Å². The molecule has 8 unspecified atom stereocenters. The zero-order chi connectivity index (χ0) is 34.6. The summed E-state index contributed by atoms with van der Waals surface area (Å²) in [6, 6.07) is 24.1. The molecule has 11 rings (SSSR count). The van der Waals surface area contributed by atoms with Crippen LogP contribution in [0.25, 0.3) is 5.57 Å². The number of allylic oxidation sites excluding steroid dienone is 10. The van der Waals surface area contributed by atoms with Crippen LogP contribution in [0.1, 0.15) is 78.5 Å². The Morgan fingerprint density at radius 2 is 1.69 bits per heavy atom. The van der Waals surface area contributed by atoms with Crippen molar-refractivity contribution < 1.29 is 9.47 Å². The third-order valence-electron chi connectivity index (χ3n) is 13.9. The minimum Gasteiger partial charge on any atom is -0.489 e. The number of rotatable bonds is 4. The van der Waals surface area contributed by atoms with Crippen molar-refractivity contribution in [1.82, 2.24) is 0 Å². The Balaban J connectivity index is 1.01. The maximum absolute atomic E-state index is 6.80. The van der Waals surface area contributed by atoms with Gasteiger partial charge in [0.25, 0.3) is 0 Å². The lowest BCUT2D eigenvalue weighted by Gasteiger charge is -2.47. The van der Waals surface area contributed by atoms with Crippen LogP contribution in [0, 0.1) is 5.92 Å². The molecule has 8 atom stereocenters. The first-order valence-electron chi connectivity index (χ1n) is 19.8. The summed E-state index contributed by atoms with van der Waals surface area (Å²) in [5.41, 5.74) is 9.90. The first kappa shape index (κ1) is 31.0. The molecule has 3 heterocycles. The van der Waals surface area contributed by atoms with Gasteiger partial charge in [0.15, 0.2) is 0 Å². The highest BCUT2D eigenvalue weighted by atomic mass is 28.3. The van der Waals surface area contributed by atoms with Crippen LogP contribution < -0.4 is 19.6 Å². The third-order valence-corrected chi connectivity index (χ3v) is 17.6. The highest BCUT2D eigenvalue weighted by Crippen LogP contribution is 2.53. The van der Waals surface area contributed by atoms with Gasteiger partial charge in [-0.25, -0.2) is 0 Å². The highest BCUT2D eigenvalue weighted by Gasteiger charge is 2.49. The minimum absolute atomic E-state index is 0.106. The highest BCUT2D eigenvalue weighted by molar-refractivity contribution is 6.98. The summed E-state index contributed by atoms with van der Waals surface area (Å²) in [5, 5.41) is 3.23. The molecule has 1 saturated carbocycles. The molecule has 0 aromatic heterocycles. The molecule has 0 N–H and O–H groups in total. The molecule has 52 heavy (non-hydrogen) atoms. The van der Waals surface area contributed by atoms with E-state index in [0.717, 1.165) is 30.8 Å². The van der Waals surface area contributed by atoms with Gasteiger partial charge in [0.1, 0.15) is 31.8 Å². The second-order valence-corrected chi connectivity index (χ2v) is 21.2. The average molecular weight is 698 g/mol. The van der Waals surface area contributed by atoms with Crippen molar-refractivity contribution in [3.8, 4) is 11.5 Å². The molecule has 0 bridgehead atoms. The second kappa shape index (κ2) is 11.7. The lowest BCUT2D eigenvalue weighted by atomic mass is 9.73. The molecule has 3 aromatic carbocycles. The van der Waals surface area contributed by atoms with Crippen molar-refractivity contribution >= 4 is 24.5 Å². The van der Waals surface area contributed by atoms with Gasteiger partial charge in [-0.3, -0.25) is 0 Å². The van der Waals surface area contributed by atoms with Crippen LogP contribution in [0.4, 0.5) is 5.69 Å². The van der Waals surface area contributed by atoms with Gasteiger partial charge in [-0.1, -0.05) is 122 Å². The largest absolute Gasteiger partial charge is 0.489 e. The molecule has 8 aliphatic rings. The monoisotopic (exact) mass is 697 g/mol. The number of fused-ring (bicyclic) bond motifs is 10. The zero-order valence-corrected chi connectivity index (χ0v) is 31.2. The van der Waals surface area contributed by atoms with Gasteiger partial charge in [0.2, 0.25) is 0 Å². The number of nitrogens with zero attached hydrogens (tertiary/aromatic N) is 1. The molecule has 3 aromatic rings. The number of benzene rings is 3. The van der Waals surface area contributed by atoms with Crippen molar-refractivity contribution in [3.63, 3.8) is 0 Å². The van der Waals surface area contributed by atoms with E-state index in [-0.39, 0.29) is 18.2 Å². The summed E-state index contributed by atoms with van der Waals surface area (Å²) < 4.78 is 13.5. The maximum atomic E-state index is 6.80. The lowest BCUT2D eigenvalue weighted by molar-refractivity contribution is 0.147. The SMILES string of the molecule is C[Si]1(C)C2=C(C=CC(N(c3cccc(C4C=CC=C5C=CCCC54)c3)C3CCCC4Oc5ccccc5C43)C2)c2c1ccc1c2OC2C=CC=CC12.